The van der Waals surface area contributed by atoms with Crippen LogP contribution in [0.1, 0.15) is 51.0 Å². The van der Waals surface area contributed by atoms with E-state index in [0.29, 0.717) is 18.3 Å². The molecule has 2 amide bonds. The minimum Gasteiger partial charge on any atom is -0.381 e. The van der Waals surface area contributed by atoms with Gasteiger partial charge in [0, 0.05) is 38.4 Å². The number of likely N-dealkylation sites (N-methyl/N-ethyl adjacent to an activating group) is 1. The molecule has 1 saturated carbocycles. The van der Waals surface area contributed by atoms with Gasteiger partial charge >= 0.3 is 0 Å². The van der Waals surface area contributed by atoms with Crippen LogP contribution in [-0.2, 0) is 21.0 Å². The number of pyridine rings is 1. The van der Waals surface area contributed by atoms with Crippen LogP contribution in [-0.4, -0.2) is 52.3 Å². The molecule has 1 fully saturated rings. The molecule has 1 aliphatic heterocycles. The summed E-state index contributed by atoms with van der Waals surface area (Å²) in [5.41, 5.74) is 4.52. The fourth-order valence-corrected chi connectivity index (χ4v) is 4.46. The molecule has 172 valence electrons. The largest absolute Gasteiger partial charge is 0.381 e. The van der Waals surface area contributed by atoms with Crippen molar-refractivity contribution in [3.8, 4) is 0 Å². The molecule has 1 atom stereocenters. The molecular formula is C22H31N7O3. The Kier molecular flexibility index (Phi) is 6.31. The zero-order valence-electron chi connectivity index (χ0n) is 18.8. The number of anilines is 1. The highest BCUT2D eigenvalue weighted by molar-refractivity contribution is 5.99. The summed E-state index contributed by atoms with van der Waals surface area (Å²) in [5.74, 6) is -0.704. The first-order valence-electron chi connectivity index (χ1n) is 11.2. The van der Waals surface area contributed by atoms with Crippen molar-refractivity contribution in [3.63, 3.8) is 0 Å². The van der Waals surface area contributed by atoms with E-state index >= 15 is 0 Å². The minimum atomic E-state index is -1.45. The number of fused-ring (bicyclic) bond motifs is 1. The van der Waals surface area contributed by atoms with Crippen LogP contribution >= 0.6 is 0 Å². The zero-order valence-corrected chi connectivity index (χ0v) is 18.8. The van der Waals surface area contributed by atoms with Crippen molar-refractivity contribution in [1.29, 1.82) is 0 Å². The fraction of sp³-hybridized carbons (Fsp3) is 0.545. The first kappa shape index (κ1) is 22.1. The Morgan fingerprint density at radius 2 is 2.00 bits per heavy atom. The molecule has 2 aromatic heterocycles. The van der Waals surface area contributed by atoms with E-state index < -0.39 is 11.5 Å². The first-order chi connectivity index (χ1) is 15.5. The molecule has 4 rings (SSSR count). The van der Waals surface area contributed by atoms with Crippen molar-refractivity contribution in [1.82, 2.24) is 30.9 Å². The Morgan fingerprint density at radius 1 is 1.22 bits per heavy atom. The fourth-order valence-electron chi connectivity index (χ4n) is 4.46. The quantitative estimate of drug-likeness (QED) is 0.516. The van der Waals surface area contributed by atoms with Gasteiger partial charge in [-0.05, 0) is 25.8 Å². The second-order valence-corrected chi connectivity index (χ2v) is 8.30. The lowest BCUT2D eigenvalue weighted by Crippen LogP contribution is -2.48. The SMILES string of the molecule is CCn1ncc2c(NC3CCCCC3)c(C3=CC(CC(=O)NC)(C(=O)NC)ON3)cnc21. The number of hydrogen-bond acceptors (Lipinski definition) is 7. The molecule has 1 aliphatic carbocycles. The summed E-state index contributed by atoms with van der Waals surface area (Å²) < 4.78 is 1.86. The molecule has 4 N–H and O–H groups in total. The summed E-state index contributed by atoms with van der Waals surface area (Å²) in [6.45, 7) is 2.75. The van der Waals surface area contributed by atoms with Gasteiger partial charge in [0.25, 0.3) is 5.91 Å². The van der Waals surface area contributed by atoms with E-state index in [1.165, 1.54) is 33.4 Å². The van der Waals surface area contributed by atoms with Gasteiger partial charge in [0.1, 0.15) is 0 Å². The maximum Gasteiger partial charge on any atom is 0.259 e. The van der Waals surface area contributed by atoms with Crippen molar-refractivity contribution in [3.05, 3.63) is 24.0 Å². The van der Waals surface area contributed by atoms with E-state index in [1.807, 2.05) is 17.8 Å². The van der Waals surface area contributed by atoms with Crippen molar-refractivity contribution in [2.24, 2.45) is 0 Å². The van der Waals surface area contributed by atoms with Gasteiger partial charge in [0.15, 0.2) is 5.65 Å². The predicted octanol–water partition coefficient (Wildman–Crippen LogP) is 1.69. The summed E-state index contributed by atoms with van der Waals surface area (Å²) in [6, 6.07) is 0.357. The average Bonchev–Trinajstić information content (AvgIpc) is 3.44. The van der Waals surface area contributed by atoms with E-state index in [0.717, 1.165) is 35.1 Å². The molecule has 10 heteroatoms. The van der Waals surface area contributed by atoms with E-state index in [2.05, 4.69) is 31.5 Å². The van der Waals surface area contributed by atoms with Gasteiger partial charge in [-0.1, -0.05) is 19.3 Å². The van der Waals surface area contributed by atoms with Gasteiger partial charge < -0.3 is 16.0 Å². The second-order valence-electron chi connectivity index (χ2n) is 8.30. The molecule has 2 aromatic rings. The number of carbonyl (C=O) groups excluding carboxylic acids is 2. The van der Waals surface area contributed by atoms with Crippen molar-refractivity contribution >= 4 is 34.2 Å². The Balaban J connectivity index is 1.78. The number of aryl methyl sites for hydroxylation is 1. The first-order valence-corrected chi connectivity index (χ1v) is 11.2. The van der Waals surface area contributed by atoms with E-state index in [4.69, 9.17) is 4.84 Å². The van der Waals surface area contributed by atoms with Crippen LogP contribution in [0.25, 0.3) is 16.7 Å². The molecule has 0 spiro atoms. The third-order valence-electron chi connectivity index (χ3n) is 6.24. The maximum absolute atomic E-state index is 12.7. The summed E-state index contributed by atoms with van der Waals surface area (Å²) in [7, 11) is 3.05. The molecule has 10 nitrogen and oxygen atoms in total. The van der Waals surface area contributed by atoms with Crippen LogP contribution < -0.4 is 21.4 Å². The van der Waals surface area contributed by atoms with Gasteiger partial charge in [0.05, 0.1) is 29.4 Å². The predicted molar refractivity (Wildman–Crippen MR) is 121 cm³/mol. The molecule has 0 aromatic carbocycles. The van der Waals surface area contributed by atoms with Crippen molar-refractivity contribution < 1.29 is 14.4 Å². The van der Waals surface area contributed by atoms with Crippen LogP contribution in [0.2, 0.25) is 0 Å². The molecule has 1 unspecified atom stereocenters. The summed E-state index contributed by atoms with van der Waals surface area (Å²) in [4.78, 5) is 35.2. The number of aromatic nitrogens is 3. The van der Waals surface area contributed by atoms with Gasteiger partial charge in [-0.15, -0.1) is 0 Å². The lowest BCUT2D eigenvalue weighted by atomic mass is 9.94. The third kappa shape index (κ3) is 4.02. The normalized spacial score (nSPS) is 21.2. The van der Waals surface area contributed by atoms with Crippen LogP contribution in [0.3, 0.4) is 0 Å². The highest BCUT2D eigenvalue weighted by Crippen LogP contribution is 2.36. The molecule has 0 bridgehead atoms. The number of carbonyl (C=O) groups is 2. The highest BCUT2D eigenvalue weighted by atomic mass is 16.7. The van der Waals surface area contributed by atoms with Crippen LogP contribution in [0.15, 0.2) is 18.5 Å². The summed E-state index contributed by atoms with van der Waals surface area (Å²) in [6.07, 6.45) is 11.0. The summed E-state index contributed by atoms with van der Waals surface area (Å²) >= 11 is 0. The lowest BCUT2D eigenvalue weighted by molar-refractivity contribution is -0.148. The van der Waals surface area contributed by atoms with Crippen LogP contribution in [0.4, 0.5) is 5.69 Å². The van der Waals surface area contributed by atoms with Crippen molar-refractivity contribution in [2.75, 3.05) is 19.4 Å². The molecular weight excluding hydrogens is 410 g/mol. The smallest absolute Gasteiger partial charge is 0.259 e. The number of hydrogen-bond donors (Lipinski definition) is 4. The number of hydroxylamine groups is 1. The van der Waals surface area contributed by atoms with E-state index in [9.17, 15) is 9.59 Å². The molecule has 0 saturated heterocycles. The Bertz CT molecular complexity index is 1040. The molecule has 3 heterocycles. The topological polar surface area (TPSA) is 122 Å². The number of nitrogens with one attached hydrogen (secondary N) is 4. The number of amides is 2. The van der Waals surface area contributed by atoms with E-state index in [-0.39, 0.29) is 12.3 Å². The van der Waals surface area contributed by atoms with Crippen LogP contribution in [0, 0.1) is 0 Å². The number of nitrogens with zero attached hydrogens (tertiary/aromatic N) is 3. The maximum atomic E-state index is 12.7. The van der Waals surface area contributed by atoms with Gasteiger partial charge in [0.2, 0.25) is 11.5 Å². The van der Waals surface area contributed by atoms with Gasteiger partial charge in [-0.2, -0.15) is 5.10 Å². The van der Waals surface area contributed by atoms with E-state index in [1.54, 1.807) is 12.3 Å². The lowest BCUT2D eigenvalue weighted by Gasteiger charge is -2.25. The Labute approximate surface area is 187 Å². The highest BCUT2D eigenvalue weighted by Gasteiger charge is 2.45. The standard InChI is InChI=1S/C22H31N7O3/c1-4-29-20-16(13-26-29)19(27-14-8-6-5-7-9-14)15(12-25-20)17-10-22(32-28-17,21(31)24-3)11-18(30)23-2/h10,12-14,28H,4-9,11H2,1-3H3,(H,23,30)(H,24,31)(H,25,27). The number of rotatable bonds is 7. The summed E-state index contributed by atoms with van der Waals surface area (Å²) in [5, 5.41) is 14.3. The van der Waals surface area contributed by atoms with Crippen LogP contribution in [0.5, 0.6) is 0 Å². The molecule has 0 radical (unpaired) electrons. The van der Waals surface area contributed by atoms with Gasteiger partial charge in [-0.25, -0.2) is 9.67 Å². The Hall–Kier alpha value is -3.14. The third-order valence-corrected chi connectivity index (χ3v) is 6.24. The van der Waals surface area contributed by atoms with Gasteiger partial charge in [-0.3, -0.25) is 19.9 Å². The second kappa shape index (κ2) is 9.15. The molecule has 2 aliphatic rings. The van der Waals surface area contributed by atoms with Crippen molar-refractivity contribution in [2.45, 2.75) is 63.6 Å². The Morgan fingerprint density at radius 3 is 2.69 bits per heavy atom. The minimum absolute atomic E-state index is 0.144. The monoisotopic (exact) mass is 441 g/mol. The molecule has 32 heavy (non-hydrogen) atoms. The average molecular weight is 442 g/mol. The zero-order chi connectivity index (χ0) is 22.7.